The van der Waals surface area contributed by atoms with E-state index in [9.17, 15) is 5.11 Å². The number of aliphatic hydroxyl groups excluding tert-OH is 1. The zero-order chi connectivity index (χ0) is 13.7. The molecular formula is C13H20N4O2. The van der Waals surface area contributed by atoms with Crippen molar-refractivity contribution in [2.75, 3.05) is 20.3 Å². The molecule has 0 aliphatic heterocycles. The van der Waals surface area contributed by atoms with Gasteiger partial charge in [-0.3, -0.25) is 0 Å². The van der Waals surface area contributed by atoms with Crippen molar-refractivity contribution in [3.63, 3.8) is 0 Å². The normalized spacial score (nSPS) is 13.0. The lowest BCUT2D eigenvalue weighted by molar-refractivity contribution is 0.0594. The lowest BCUT2D eigenvalue weighted by Gasteiger charge is -2.10. The monoisotopic (exact) mass is 264 g/mol. The van der Waals surface area contributed by atoms with Crippen LogP contribution < -0.4 is 5.32 Å². The third-order valence-electron chi connectivity index (χ3n) is 2.83. The van der Waals surface area contributed by atoms with Crippen LogP contribution in [0.3, 0.4) is 0 Å². The molecule has 0 aromatic carbocycles. The van der Waals surface area contributed by atoms with Gasteiger partial charge >= 0.3 is 0 Å². The van der Waals surface area contributed by atoms with Crippen LogP contribution in [0.4, 0.5) is 0 Å². The second-order valence-corrected chi connectivity index (χ2v) is 4.63. The largest absolute Gasteiger partial charge is 0.391 e. The average molecular weight is 264 g/mol. The number of aromatic nitrogens is 3. The fourth-order valence-corrected chi connectivity index (χ4v) is 1.90. The van der Waals surface area contributed by atoms with Gasteiger partial charge in [0.2, 0.25) is 0 Å². The van der Waals surface area contributed by atoms with Crippen molar-refractivity contribution < 1.29 is 9.84 Å². The summed E-state index contributed by atoms with van der Waals surface area (Å²) < 4.78 is 6.65. The summed E-state index contributed by atoms with van der Waals surface area (Å²) in [6.07, 6.45) is 4.07. The highest BCUT2D eigenvalue weighted by molar-refractivity contribution is 5.38. The molecule has 0 fully saturated rings. The minimum absolute atomic E-state index is 0.377. The van der Waals surface area contributed by atoms with Crippen molar-refractivity contribution in [3.05, 3.63) is 29.7 Å². The van der Waals surface area contributed by atoms with E-state index < -0.39 is 6.10 Å². The second-order valence-electron chi connectivity index (χ2n) is 4.63. The highest BCUT2D eigenvalue weighted by atomic mass is 16.5. The molecule has 2 rings (SSSR count). The van der Waals surface area contributed by atoms with Crippen molar-refractivity contribution in [1.82, 2.24) is 19.9 Å². The Bertz CT molecular complexity index is 526. The molecule has 6 nitrogen and oxygen atoms in total. The van der Waals surface area contributed by atoms with Gasteiger partial charge in [0.25, 0.3) is 0 Å². The number of ether oxygens (including phenoxy) is 1. The Morgan fingerprint density at radius 3 is 3.16 bits per heavy atom. The number of fused-ring (bicyclic) bond motifs is 1. The summed E-state index contributed by atoms with van der Waals surface area (Å²) in [4.78, 5) is 4.34. The number of methoxy groups -OCH3 is 1. The number of rotatable bonds is 7. The highest BCUT2D eigenvalue weighted by Gasteiger charge is 2.03. The maximum absolute atomic E-state index is 9.50. The van der Waals surface area contributed by atoms with Crippen molar-refractivity contribution in [2.45, 2.75) is 26.0 Å². The number of hydrogen-bond acceptors (Lipinski definition) is 5. The van der Waals surface area contributed by atoms with Crippen LogP contribution in [0.25, 0.3) is 5.65 Å². The van der Waals surface area contributed by atoms with Gasteiger partial charge in [-0.15, -0.1) is 0 Å². The smallest absolute Gasteiger partial charge is 0.155 e. The standard InChI is InChI=1S/C13H20N4O2/c1-10-5-13-15-7-11(8-17(13)16-10)6-14-4-3-12(18)9-19-2/h5,7-8,12,14,18H,3-4,6,9H2,1-2H3. The summed E-state index contributed by atoms with van der Waals surface area (Å²) in [7, 11) is 1.59. The Hall–Kier alpha value is -1.50. The lowest BCUT2D eigenvalue weighted by atomic mass is 10.2. The molecule has 0 aliphatic rings. The molecule has 0 radical (unpaired) electrons. The lowest BCUT2D eigenvalue weighted by Crippen LogP contribution is -2.23. The van der Waals surface area contributed by atoms with Gasteiger partial charge in [-0.2, -0.15) is 5.10 Å². The molecule has 2 aromatic rings. The van der Waals surface area contributed by atoms with Crippen LogP contribution in [0.2, 0.25) is 0 Å². The third-order valence-corrected chi connectivity index (χ3v) is 2.83. The number of nitrogens with zero attached hydrogens (tertiary/aromatic N) is 3. The first kappa shape index (κ1) is 13.9. The second kappa shape index (κ2) is 6.60. The molecule has 0 amide bonds. The van der Waals surface area contributed by atoms with Crippen LogP contribution in [0, 0.1) is 6.92 Å². The molecule has 2 aromatic heterocycles. The summed E-state index contributed by atoms with van der Waals surface area (Å²) >= 11 is 0. The predicted molar refractivity (Wildman–Crippen MR) is 71.9 cm³/mol. The molecule has 19 heavy (non-hydrogen) atoms. The Kier molecular flexibility index (Phi) is 4.84. The van der Waals surface area contributed by atoms with Crippen LogP contribution >= 0.6 is 0 Å². The Balaban J connectivity index is 1.81. The van der Waals surface area contributed by atoms with Crippen molar-refractivity contribution in [3.8, 4) is 0 Å². The predicted octanol–water partition coefficient (Wildman–Crippen LogP) is 0.525. The molecule has 104 valence electrons. The highest BCUT2D eigenvalue weighted by Crippen LogP contribution is 2.04. The molecule has 0 spiro atoms. The fourth-order valence-electron chi connectivity index (χ4n) is 1.90. The summed E-state index contributed by atoms with van der Waals surface area (Å²) in [6.45, 7) is 3.77. The maximum atomic E-state index is 9.50. The number of nitrogens with one attached hydrogen (secondary N) is 1. The van der Waals surface area contributed by atoms with Gasteiger partial charge < -0.3 is 15.2 Å². The Morgan fingerprint density at radius 1 is 1.53 bits per heavy atom. The van der Waals surface area contributed by atoms with E-state index in [1.165, 1.54) is 0 Å². The number of hydrogen-bond donors (Lipinski definition) is 2. The van der Waals surface area contributed by atoms with Crippen LogP contribution in [0.15, 0.2) is 18.5 Å². The average Bonchev–Trinajstić information content (AvgIpc) is 2.74. The number of aliphatic hydroxyl groups is 1. The minimum Gasteiger partial charge on any atom is -0.391 e. The fraction of sp³-hybridized carbons (Fsp3) is 0.538. The Labute approximate surface area is 112 Å². The van der Waals surface area contributed by atoms with E-state index in [0.717, 1.165) is 23.4 Å². The topological polar surface area (TPSA) is 71.7 Å². The zero-order valence-electron chi connectivity index (χ0n) is 11.3. The molecule has 1 unspecified atom stereocenters. The SMILES string of the molecule is COCC(O)CCNCc1cnc2cc(C)nn2c1. The molecule has 1 atom stereocenters. The van der Waals surface area contributed by atoms with Gasteiger partial charge in [-0.25, -0.2) is 9.50 Å². The van der Waals surface area contributed by atoms with E-state index in [1.807, 2.05) is 25.4 Å². The zero-order valence-corrected chi connectivity index (χ0v) is 11.3. The minimum atomic E-state index is -0.410. The Morgan fingerprint density at radius 2 is 2.37 bits per heavy atom. The van der Waals surface area contributed by atoms with Gasteiger partial charge in [0.15, 0.2) is 5.65 Å². The van der Waals surface area contributed by atoms with E-state index in [2.05, 4.69) is 15.4 Å². The van der Waals surface area contributed by atoms with Crippen molar-refractivity contribution in [2.24, 2.45) is 0 Å². The molecule has 6 heteroatoms. The molecule has 0 saturated heterocycles. The van der Waals surface area contributed by atoms with E-state index in [-0.39, 0.29) is 0 Å². The molecule has 2 N–H and O–H groups in total. The van der Waals surface area contributed by atoms with Gasteiger partial charge in [0.1, 0.15) is 0 Å². The van der Waals surface area contributed by atoms with E-state index in [4.69, 9.17) is 4.74 Å². The quantitative estimate of drug-likeness (QED) is 0.714. The summed E-state index contributed by atoms with van der Waals surface area (Å²) in [6, 6.07) is 1.94. The molecular weight excluding hydrogens is 244 g/mol. The van der Waals surface area contributed by atoms with E-state index in [1.54, 1.807) is 11.6 Å². The molecule has 2 heterocycles. The van der Waals surface area contributed by atoms with Crippen molar-refractivity contribution in [1.29, 1.82) is 0 Å². The maximum Gasteiger partial charge on any atom is 0.155 e. The first-order valence-electron chi connectivity index (χ1n) is 6.37. The first-order chi connectivity index (χ1) is 9.19. The van der Waals surface area contributed by atoms with E-state index in [0.29, 0.717) is 19.6 Å². The van der Waals surface area contributed by atoms with E-state index >= 15 is 0 Å². The van der Waals surface area contributed by atoms with Crippen LogP contribution in [0.1, 0.15) is 17.7 Å². The summed E-state index contributed by atoms with van der Waals surface area (Å²) in [5.74, 6) is 0. The van der Waals surface area contributed by atoms with Gasteiger partial charge in [-0.05, 0) is 19.9 Å². The molecule has 0 aliphatic carbocycles. The van der Waals surface area contributed by atoms with Gasteiger partial charge in [-0.1, -0.05) is 0 Å². The van der Waals surface area contributed by atoms with Crippen LogP contribution in [0.5, 0.6) is 0 Å². The molecule has 0 saturated carbocycles. The van der Waals surface area contributed by atoms with Crippen LogP contribution in [-0.4, -0.2) is 46.1 Å². The summed E-state index contributed by atoms with van der Waals surface area (Å²) in [5.41, 5.74) is 2.88. The van der Waals surface area contributed by atoms with Crippen molar-refractivity contribution >= 4 is 5.65 Å². The molecule has 0 bridgehead atoms. The third kappa shape index (κ3) is 3.99. The number of aryl methyl sites for hydroxylation is 1. The van der Waals surface area contributed by atoms with Crippen LogP contribution in [-0.2, 0) is 11.3 Å². The van der Waals surface area contributed by atoms with Gasteiger partial charge in [0.05, 0.1) is 18.4 Å². The van der Waals surface area contributed by atoms with Gasteiger partial charge in [0, 0.05) is 37.7 Å². The first-order valence-corrected chi connectivity index (χ1v) is 6.37. The summed E-state index contributed by atoms with van der Waals surface area (Å²) in [5, 5.41) is 17.1.